The second kappa shape index (κ2) is 7.92. The van der Waals surface area contributed by atoms with Gasteiger partial charge in [0.05, 0.1) is 16.8 Å². The van der Waals surface area contributed by atoms with Gasteiger partial charge in [0, 0.05) is 51.5 Å². The Kier molecular flexibility index (Phi) is 5.75. The fraction of sp³-hybridized carbons (Fsp3) is 0.412. The summed E-state index contributed by atoms with van der Waals surface area (Å²) < 4.78 is 66.8. The highest BCUT2D eigenvalue weighted by Gasteiger charge is 2.34. The van der Waals surface area contributed by atoms with Crippen LogP contribution < -0.4 is 0 Å². The van der Waals surface area contributed by atoms with Crippen LogP contribution in [-0.2, 0) is 27.5 Å². The van der Waals surface area contributed by atoms with Crippen LogP contribution in [0.4, 0.5) is 13.2 Å². The second-order valence-electron chi connectivity index (χ2n) is 6.36. The van der Waals surface area contributed by atoms with Gasteiger partial charge in [-0.3, -0.25) is 4.79 Å². The second-order valence-corrected chi connectivity index (χ2v) is 8.30. The Morgan fingerprint density at radius 2 is 1.86 bits per heavy atom. The first kappa shape index (κ1) is 20.3. The molecule has 2 aromatic rings. The SMILES string of the molecule is O=C(CCn1ccnc1)N1CCN(S(=O)(=O)c2cccc(C(F)(F)F)c2)CC1. The fourth-order valence-electron chi connectivity index (χ4n) is 2.96. The normalized spacial score (nSPS) is 16.3. The molecule has 1 saturated heterocycles. The fourth-order valence-corrected chi connectivity index (χ4v) is 4.43. The van der Waals surface area contributed by atoms with Crippen LogP contribution in [0.2, 0.25) is 0 Å². The Bertz CT molecular complexity index is 921. The van der Waals surface area contributed by atoms with Gasteiger partial charge in [-0.15, -0.1) is 0 Å². The van der Waals surface area contributed by atoms with Gasteiger partial charge in [0.1, 0.15) is 0 Å². The van der Waals surface area contributed by atoms with E-state index in [9.17, 15) is 26.4 Å². The molecule has 0 N–H and O–H groups in total. The van der Waals surface area contributed by atoms with Crippen LogP contribution >= 0.6 is 0 Å². The number of piperazine rings is 1. The van der Waals surface area contributed by atoms with Gasteiger partial charge in [-0.2, -0.15) is 17.5 Å². The van der Waals surface area contributed by atoms with Gasteiger partial charge in [0.25, 0.3) is 0 Å². The molecule has 1 aromatic carbocycles. The van der Waals surface area contributed by atoms with E-state index in [0.717, 1.165) is 22.5 Å². The smallest absolute Gasteiger partial charge is 0.340 e. The maximum absolute atomic E-state index is 12.9. The number of halogens is 3. The lowest BCUT2D eigenvalue weighted by Crippen LogP contribution is -2.50. The molecule has 1 aromatic heterocycles. The lowest BCUT2D eigenvalue weighted by atomic mass is 10.2. The molecule has 3 rings (SSSR count). The third-order valence-electron chi connectivity index (χ3n) is 4.53. The molecule has 152 valence electrons. The number of benzene rings is 1. The number of nitrogens with zero attached hydrogens (tertiary/aromatic N) is 4. The summed E-state index contributed by atoms with van der Waals surface area (Å²) in [5.41, 5.74) is -1.01. The van der Waals surface area contributed by atoms with Gasteiger partial charge in [-0.25, -0.2) is 13.4 Å². The number of aromatic nitrogens is 2. The molecule has 0 aliphatic carbocycles. The number of alkyl halides is 3. The first-order valence-corrected chi connectivity index (χ1v) is 10.0. The number of amides is 1. The van der Waals surface area contributed by atoms with E-state index < -0.39 is 26.7 Å². The summed E-state index contributed by atoms with van der Waals surface area (Å²) in [6, 6.07) is 3.69. The number of hydrogen-bond acceptors (Lipinski definition) is 4. The van der Waals surface area contributed by atoms with Gasteiger partial charge in [0.2, 0.25) is 15.9 Å². The first-order valence-electron chi connectivity index (χ1n) is 8.59. The number of sulfonamides is 1. The van der Waals surface area contributed by atoms with Crippen molar-refractivity contribution in [2.75, 3.05) is 26.2 Å². The monoisotopic (exact) mass is 416 g/mol. The summed E-state index contributed by atoms with van der Waals surface area (Å²) in [5.74, 6) is -0.107. The topological polar surface area (TPSA) is 75.5 Å². The Hall–Kier alpha value is -2.40. The third kappa shape index (κ3) is 4.53. The minimum absolute atomic E-state index is 0.0371. The number of carbonyl (C=O) groups is 1. The van der Waals surface area contributed by atoms with Crippen LogP contribution in [0, 0.1) is 0 Å². The Balaban J connectivity index is 1.61. The van der Waals surface area contributed by atoms with E-state index in [1.54, 1.807) is 28.2 Å². The van der Waals surface area contributed by atoms with Crippen LogP contribution in [0.1, 0.15) is 12.0 Å². The number of carbonyl (C=O) groups excluding carboxylic acids is 1. The van der Waals surface area contributed by atoms with Crippen molar-refractivity contribution in [3.8, 4) is 0 Å². The number of hydrogen-bond donors (Lipinski definition) is 0. The van der Waals surface area contributed by atoms with Crippen molar-refractivity contribution in [1.82, 2.24) is 18.8 Å². The molecule has 2 heterocycles. The summed E-state index contributed by atoms with van der Waals surface area (Å²) in [7, 11) is -4.06. The van der Waals surface area contributed by atoms with E-state index >= 15 is 0 Å². The van der Waals surface area contributed by atoms with E-state index in [1.165, 1.54) is 0 Å². The van der Waals surface area contributed by atoms with E-state index in [1.807, 2.05) is 0 Å². The Labute approximate surface area is 160 Å². The van der Waals surface area contributed by atoms with Gasteiger partial charge in [-0.1, -0.05) is 6.07 Å². The van der Waals surface area contributed by atoms with Crippen LogP contribution in [0.3, 0.4) is 0 Å². The molecule has 1 aliphatic heterocycles. The average Bonchev–Trinajstić information content (AvgIpc) is 3.19. The van der Waals surface area contributed by atoms with E-state index in [0.29, 0.717) is 12.6 Å². The van der Waals surface area contributed by atoms with Crippen molar-refractivity contribution in [3.05, 3.63) is 48.5 Å². The van der Waals surface area contributed by atoms with Crippen molar-refractivity contribution >= 4 is 15.9 Å². The van der Waals surface area contributed by atoms with Crippen LogP contribution in [0.5, 0.6) is 0 Å². The Morgan fingerprint density at radius 3 is 2.46 bits per heavy atom. The van der Waals surface area contributed by atoms with E-state index in [4.69, 9.17) is 0 Å². The van der Waals surface area contributed by atoms with Crippen molar-refractivity contribution in [1.29, 1.82) is 0 Å². The molecular formula is C17H19F3N4O3S. The van der Waals surface area contributed by atoms with Crippen LogP contribution in [0.25, 0.3) is 0 Å². The molecule has 0 saturated carbocycles. The maximum atomic E-state index is 12.9. The largest absolute Gasteiger partial charge is 0.416 e. The average molecular weight is 416 g/mol. The molecule has 0 spiro atoms. The van der Waals surface area contributed by atoms with Crippen LogP contribution in [0.15, 0.2) is 47.9 Å². The molecule has 7 nitrogen and oxygen atoms in total. The first-order chi connectivity index (χ1) is 13.2. The minimum Gasteiger partial charge on any atom is -0.340 e. The van der Waals surface area contributed by atoms with Gasteiger partial charge >= 0.3 is 6.18 Å². The molecule has 1 aliphatic rings. The quantitative estimate of drug-likeness (QED) is 0.745. The number of imidazole rings is 1. The summed E-state index contributed by atoms with van der Waals surface area (Å²) in [6.07, 6.45) is 0.601. The predicted octanol–water partition coefficient (Wildman–Crippen LogP) is 1.83. The molecule has 28 heavy (non-hydrogen) atoms. The minimum atomic E-state index is -4.62. The number of rotatable bonds is 5. The van der Waals surface area contributed by atoms with Crippen molar-refractivity contribution < 1.29 is 26.4 Å². The molecule has 11 heteroatoms. The summed E-state index contributed by atoms with van der Waals surface area (Å²) in [5, 5.41) is 0. The zero-order chi connectivity index (χ0) is 20.4. The van der Waals surface area contributed by atoms with Crippen molar-refractivity contribution in [3.63, 3.8) is 0 Å². The van der Waals surface area contributed by atoms with Crippen LogP contribution in [-0.4, -0.2) is 59.3 Å². The van der Waals surface area contributed by atoms with Gasteiger partial charge in [0.15, 0.2) is 0 Å². The molecule has 0 unspecified atom stereocenters. The van der Waals surface area contributed by atoms with Crippen molar-refractivity contribution in [2.24, 2.45) is 0 Å². The summed E-state index contributed by atoms with van der Waals surface area (Å²) in [6.45, 7) is 0.939. The molecule has 1 amide bonds. The molecule has 0 radical (unpaired) electrons. The molecule has 1 fully saturated rings. The summed E-state index contributed by atoms with van der Waals surface area (Å²) >= 11 is 0. The maximum Gasteiger partial charge on any atom is 0.416 e. The lowest BCUT2D eigenvalue weighted by molar-refractivity contribution is -0.137. The highest BCUT2D eigenvalue weighted by atomic mass is 32.2. The third-order valence-corrected chi connectivity index (χ3v) is 6.43. The summed E-state index contributed by atoms with van der Waals surface area (Å²) in [4.78, 5) is 17.3. The van der Waals surface area contributed by atoms with Crippen molar-refractivity contribution in [2.45, 2.75) is 24.0 Å². The van der Waals surface area contributed by atoms with Gasteiger partial charge in [-0.05, 0) is 18.2 Å². The predicted molar refractivity (Wildman–Crippen MR) is 93.6 cm³/mol. The highest BCUT2D eigenvalue weighted by Crippen LogP contribution is 2.31. The molecular weight excluding hydrogens is 397 g/mol. The van der Waals surface area contributed by atoms with E-state index in [2.05, 4.69) is 4.98 Å². The lowest BCUT2D eigenvalue weighted by Gasteiger charge is -2.34. The standard InChI is InChI=1S/C17H19F3N4O3S/c18-17(19,20)14-2-1-3-15(12-14)28(26,27)24-10-8-23(9-11-24)16(25)4-6-22-7-5-21-13-22/h1-3,5,7,12-13H,4,6,8-11H2. The highest BCUT2D eigenvalue weighted by molar-refractivity contribution is 7.89. The zero-order valence-corrected chi connectivity index (χ0v) is 15.7. The zero-order valence-electron chi connectivity index (χ0n) is 14.8. The molecule has 0 atom stereocenters. The molecule has 0 bridgehead atoms. The number of aryl methyl sites for hydroxylation is 1. The van der Waals surface area contributed by atoms with Gasteiger partial charge < -0.3 is 9.47 Å². The van der Waals surface area contributed by atoms with E-state index in [-0.39, 0.29) is 38.5 Å². The Morgan fingerprint density at radius 1 is 1.14 bits per heavy atom.